The molecule has 0 bridgehead atoms. The molecule has 1 aliphatic rings. The van der Waals surface area contributed by atoms with Crippen LogP contribution in [0.3, 0.4) is 0 Å². The number of ether oxygens (including phenoxy) is 1. The standard InChI is InChI=1S/C19H25N3O5/c1-20-9-3-11-26-10-2-4-13-5-6-14-16(12-13)27-19(25)22(14)15-7-8-17(23)21-18(15)24/h5-6,12,15,20H,2-4,7-11H2,1H3,(H,21,23,24). The summed E-state index contributed by atoms with van der Waals surface area (Å²) in [5.74, 6) is -1.35. The smallest absolute Gasteiger partial charge is 0.408 e. The zero-order valence-corrected chi connectivity index (χ0v) is 15.5. The van der Waals surface area contributed by atoms with E-state index < -0.39 is 17.7 Å². The van der Waals surface area contributed by atoms with Crippen molar-refractivity contribution in [3.05, 3.63) is 34.3 Å². The van der Waals surface area contributed by atoms with Gasteiger partial charge in [0.1, 0.15) is 6.04 Å². The maximum absolute atomic E-state index is 12.3. The van der Waals surface area contributed by atoms with Crippen molar-refractivity contribution in [2.45, 2.75) is 38.1 Å². The summed E-state index contributed by atoms with van der Waals surface area (Å²) >= 11 is 0. The number of carbonyl (C=O) groups excluding carboxylic acids is 2. The Kier molecular flexibility index (Phi) is 6.41. The van der Waals surface area contributed by atoms with Crippen LogP contribution in [0, 0.1) is 0 Å². The van der Waals surface area contributed by atoms with Gasteiger partial charge in [0.05, 0.1) is 5.52 Å². The van der Waals surface area contributed by atoms with Gasteiger partial charge in [-0.1, -0.05) is 6.07 Å². The summed E-state index contributed by atoms with van der Waals surface area (Å²) in [6.45, 7) is 2.37. The Bertz CT molecular complexity index is 870. The van der Waals surface area contributed by atoms with Crippen LogP contribution in [-0.4, -0.2) is 43.2 Å². The molecule has 1 fully saturated rings. The molecule has 8 heteroatoms. The van der Waals surface area contributed by atoms with Gasteiger partial charge in [0.2, 0.25) is 11.8 Å². The normalized spacial score (nSPS) is 17.4. The summed E-state index contributed by atoms with van der Waals surface area (Å²) in [4.78, 5) is 35.7. The van der Waals surface area contributed by atoms with E-state index in [1.807, 2.05) is 19.2 Å². The SMILES string of the molecule is CNCCCOCCCc1ccc2c(c1)oc(=O)n2C1CCC(=O)NC1=O. The number of nitrogens with zero attached hydrogens (tertiary/aromatic N) is 1. The first-order valence-corrected chi connectivity index (χ1v) is 9.30. The first-order chi connectivity index (χ1) is 13.1. The fourth-order valence-electron chi connectivity index (χ4n) is 3.29. The molecule has 27 heavy (non-hydrogen) atoms. The molecule has 1 atom stereocenters. The van der Waals surface area contributed by atoms with Crippen molar-refractivity contribution in [3.8, 4) is 0 Å². The molecule has 2 aromatic rings. The van der Waals surface area contributed by atoms with Gasteiger partial charge in [0, 0.05) is 19.6 Å². The number of oxazole rings is 1. The van der Waals surface area contributed by atoms with E-state index in [0.717, 1.165) is 38.0 Å². The van der Waals surface area contributed by atoms with Gasteiger partial charge in [-0.15, -0.1) is 0 Å². The number of aromatic nitrogens is 1. The fourth-order valence-corrected chi connectivity index (χ4v) is 3.29. The van der Waals surface area contributed by atoms with E-state index in [9.17, 15) is 14.4 Å². The lowest BCUT2D eigenvalue weighted by molar-refractivity contribution is -0.135. The number of carbonyl (C=O) groups is 2. The van der Waals surface area contributed by atoms with Gasteiger partial charge in [-0.25, -0.2) is 4.79 Å². The van der Waals surface area contributed by atoms with Crippen molar-refractivity contribution in [1.29, 1.82) is 0 Å². The molecule has 1 aromatic heterocycles. The monoisotopic (exact) mass is 375 g/mol. The Labute approximate surface area is 156 Å². The van der Waals surface area contributed by atoms with Crippen LogP contribution in [0.1, 0.15) is 37.3 Å². The molecule has 0 spiro atoms. The van der Waals surface area contributed by atoms with E-state index in [2.05, 4.69) is 10.6 Å². The van der Waals surface area contributed by atoms with Gasteiger partial charge in [-0.3, -0.25) is 19.5 Å². The van der Waals surface area contributed by atoms with Crippen LogP contribution < -0.4 is 16.4 Å². The van der Waals surface area contributed by atoms with Crippen LogP contribution in [0.4, 0.5) is 0 Å². The Morgan fingerprint density at radius 1 is 1.26 bits per heavy atom. The zero-order chi connectivity index (χ0) is 19.2. The van der Waals surface area contributed by atoms with Crippen molar-refractivity contribution in [2.24, 2.45) is 0 Å². The van der Waals surface area contributed by atoms with E-state index in [0.29, 0.717) is 24.1 Å². The third-order valence-electron chi connectivity index (χ3n) is 4.67. The van der Waals surface area contributed by atoms with Crippen molar-refractivity contribution in [1.82, 2.24) is 15.2 Å². The third kappa shape index (κ3) is 4.64. The number of piperidine rings is 1. The highest BCUT2D eigenvalue weighted by atomic mass is 16.5. The molecule has 2 heterocycles. The molecular weight excluding hydrogens is 350 g/mol. The molecule has 0 radical (unpaired) electrons. The molecule has 3 rings (SSSR count). The van der Waals surface area contributed by atoms with E-state index in [1.54, 1.807) is 6.07 Å². The second-order valence-electron chi connectivity index (χ2n) is 6.68. The number of fused-ring (bicyclic) bond motifs is 1. The molecule has 2 amide bonds. The number of hydrogen-bond donors (Lipinski definition) is 2. The lowest BCUT2D eigenvalue weighted by Crippen LogP contribution is -2.43. The molecule has 2 N–H and O–H groups in total. The van der Waals surface area contributed by atoms with Crippen molar-refractivity contribution >= 4 is 22.9 Å². The lowest BCUT2D eigenvalue weighted by atomic mass is 10.1. The number of hydrogen-bond acceptors (Lipinski definition) is 6. The number of benzene rings is 1. The maximum atomic E-state index is 12.3. The van der Waals surface area contributed by atoms with Gasteiger partial charge in [-0.2, -0.15) is 0 Å². The zero-order valence-electron chi connectivity index (χ0n) is 15.5. The van der Waals surface area contributed by atoms with Crippen LogP contribution in [0.2, 0.25) is 0 Å². The van der Waals surface area contributed by atoms with E-state index in [4.69, 9.17) is 9.15 Å². The quantitative estimate of drug-likeness (QED) is 0.503. The van der Waals surface area contributed by atoms with Crippen molar-refractivity contribution in [2.75, 3.05) is 26.8 Å². The number of nitrogens with one attached hydrogen (secondary N) is 2. The van der Waals surface area contributed by atoms with Crippen LogP contribution in [0.5, 0.6) is 0 Å². The second kappa shape index (κ2) is 8.96. The highest BCUT2D eigenvalue weighted by Gasteiger charge is 2.31. The van der Waals surface area contributed by atoms with E-state index in [-0.39, 0.29) is 12.3 Å². The largest absolute Gasteiger partial charge is 0.420 e. The predicted octanol–water partition coefficient (Wildman–Crippen LogP) is 1.13. The fraction of sp³-hybridized carbons (Fsp3) is 0.526. The molecule has 1 aliphatic heterocycles. The molecule has 146 valence electrons. The second-order valence-corrected chi connectivity index (χ2v) is 6.68. The summed E-state index contributed by atoms with van der Waals surface area (Å²) in [7, 11) is 1.92. The van der Waals surface area contributed by atoms with Crippen LogP contribution in [0.15, 0.2) is 27.4 Å². The number of rotatable bonds is 9. The molecule has 1 unspecified atom stereocenters. The van der Waals surface area contributed by atoms with Crippen LogP contribution >= 0.6 is 0 Å². The summed E-state index contributed by atoms with van der Waals surface area (Å²) in [6.07, 6.45) is 3.19. The predicted molar refractivity (Wildman–Crippen MR) is 99.6 cm³/mol. The average molecular weight is 375 g/mol. The highest BCUT2D eigenvalue weighted by Crippen LogP contribution is 2.24. The Hall–Kier alpha value is -2.45. The minimum atomic E-state index is -0.715. The van der Waals surface area contributed by atoms with Gasteiger partial charge < -0.3 is 14.5 Å². The van der Waals surface area contributed by atoms with Gasteiger partial charge in [-0.05, 0) is 57.0 Å². The van der Waals surface area contributed by atoms with Gasteiger partial charge >= 0.3 is 5.76 Å². The molecule has 1 aromatic carbocycles. The van der Waals surface area contributed by atoms with Gasteiger partial charge in [0.15, 0.2) is 5.58 Å². The van der Waals surface area contributed by atoms with Crippen LogP contribution in [0.25, 0.3) is 11.1 Å². The maximum Gasteiger partial charge on any atom is 0.420 e. The number of imide groups is 1. The summed E-state index contributed by atoms with van der Waals surface area (Å²) in [5, 5.41) is 5.35. The van der Waals surface area contributed by atoms with Gasteiger partial charge in [0.25, 0.3) is 0 Å². The molecular formula is C19H25N3O5. The van der Waals surface area contributed by atoms with Crippen molar-refractivity contribution < 1.29 is 18.7 Å². The highest BCUT2D eigenvalue weighted by molar-refractivity contribution is 6.00. The number of amides is 2. The minimum Gasteiger partial charge on any atom is -0.408 e. The Balaban J connectivity index is 1.64. The Morgan fingerprint density at radius 2 is 2.07 bits per heavy atom. The summed E-state index contributed by atoms with van der Waals surface area (Å²) in [5.41, 5.74) is 2.07. The molecule has 1 saturated heterocycles. The minimum absolute atomic E-state index is 0.210. The first kappa shape index (κ1) is 19.3. The Morgan fingerprint density at radius 3 is 2.85 bits per heavy atom. The molecule has 0 saturated carbocycles. The molecule has 8 nitrogen and oxygen atoms in total. The third-order valence-corrected chi connectivity index (χ3v) is 4.67. The summed E-state index contributed by atoms with van der Waals surface area (Å²) < 4.78 is 12.3. The number of aryl methyl sites for hydroxylation is 1. The van der Waals surface area contributed by atoms with E-state index in [1.165, 1.54) is 4.57 Å². The van der Waals surface area contributed by atoms with E-state index >= 15 is 0 Å². The van der Waals surface area contributed by atoms with Crippen molar-refractivity contribution in [3.63, 3.8) is 0 Å². The van der Waals surface area contributed by atoms with Crippen LogP contribution in [-0.2, 0) is 20.7 Å². The average Bonchev–Trinajstić information content (AvgIpc) is 2.96. The molecule has 0 aliphatic carbocycles. The first-order valence-electron chi connectivity index (χ1n) is 9.30. The topological polar surface area (TPSA) is 103 Å². The summed E-state index contributed by atoms with van der Waals surface area (Å²) in [6, 6.07) is 4.85. The lowest BCUT2D eigenvalue weighted by Gasteiger charge is -2.21.